The number of nitrogens with one attached hydrogen (secondary N) is 2. The Labute approximate surface area is 152 Å². The second kappa shape index (κ2) is 8.86. The summed E-state index contributed by atoms with van der Waals surface area (Å²) >= 11 is 0. The summed E-state index contributed by atoms with van der Waals surface area (Å²) in [6, 6.07) is 5.57. The SMILES string of the molecule is COCCNC(=O)NC(=O)CN1CCC[C@H]1c1ccc2c(c1)OCCO2. The zero-order chi connectivity index (χ0) is 18.4. The third-order valence-corrected chi connectivity index (χ3v) is 4.51. The molecule has 26 heavy (non-hydrogen) atoms. The Morgan fingerprint density at radius 3 is 2.88 bits per heavy atom. The number of hydrogen-bond donors (Lipinski definition) is 2. The van der Waals surface area contributed by atoms with Crippen LogP contribution in [0.3, 0.4) is 0 Å². The van der Waals surface area contributed by atoms with Crippen molar-refractivity contribution in [3.05, 3.63) is 23.8 Å². The lowest BCUT2D eigenvalue weighted by Gasteiger charge is -2.26. The summed E-state index contributed by atoms with van der Waals surface area (Å²) in [6.07, 6.45) is 1.97. The number of carbonyl (C=O) groups excluding carboxylic acids is 2. The summed E-state index contributed by atoms with van der Waals surface area (Å²) in [4.78, 5) is 25.9. The Kier molecular flexibility index (Phi) is 6.30. The van der Waals surface area contributed by atoms with E-state index in [0.717, 1.165) is 36.4 Å². The van der Waals surface area contributed by atoms with Crippen LogP contribution in [0.25, 0.3) is 0 Å². The molecule has 0 saturated carbocycles. The number of ether oxygens (including phenoxy) is 3. The first-order valence-electron chi connectivity index (χ1n) is 8.87. The summed E-state index contributed by atoms with van der Waals surface area (Å²) in [6.45, 7) is 2.87. The molecule has 2 aliphatic rings. The van der Waals surface area contributed by atoms with E-state index in [0.29, 0.717) is 26.4 Å². The van der Waals surface area contributed by atoms with Gasteiger partial charge in [-0.1, -0.05) is 6.07 Å². The van der Waals surface area contributed by atoms with E-state index < -0.39 is 6.03 Å². The largest absolute Gasteiger partial charge is 0.486 e. The van der Waals surface area contributed by atoms with Crippen LogP contribution in [0.5, 0.6) is 11.5 Å². The minimum absolute atomic E-state index is 0.133. The van der Waals surface area contributed by atoms with Crippen molar-refractivity contribution in [2.45, 2.75) is 18.9 Å². The Morgan fingerprint density at radius 1 is 1.27 bits per heavy atom. The predicted octanol–water partition coefficient (Wildman–Crippen LogP) is 1.07. The van der Waals surface area contributed by atoms with Gasteiger partial charge < -0.3 is 19.5 Å². The smallest absolute Gasteiger partial charge is 0.321 e. The Morgan fingerprint density at radius 2 is 2.08 bits per heavy atom. The molecule has 1 saturated heterocycles. The van der Waals surface area contributed by atoms with E-state index in [1.54, 1.807) is 7.11 Å². The maximum absolute atomic E-state index is 12.2. The molecule has 0 radical (unpaired) electrons. The highest BCUT2D eigenvalue weighted by atomic mass is 16.6. The monoisotopic (exact) mass is 363 g/mol. The van der Waals surface area contributed by atoms with Crippen LogP contribution in [0.4, 0.5) is 4.79 Å². The summed E-state index contributed by atoms with van der Waals surface area (Å²) in [5.74, 6) is 1.20. The molecule has 8 nitrogen and oxygen atoms in total. The Bertz CT molecular complexity index is 652. The molecule has 3 rings (SSSR count). The predicted molar refractivity (Wildman–Crippen MR) is 94.4 cm³/mol. The number of carbonyl (C=O) groups is 2. The van der Waals surface area contributed by atoms with Gasteiger partial charge in [-0.15, -0.1) is 0 Å². The van der Waals surface area contributed by atoms with Crippen LogP contribution in [-0.2, 0) is 9.53 Å². The molecule has 0 aromatic heterocycles. The first kappa shape index (κ1) is 18.5. The summed E-state index contributed by atoms with van der Waals surface area (Å²) in [5, 5.41) is 4.93. The van der Waals surface area contributed by atoms with Crippen LogP contribution in [-0.4, -0.2) is 63.4 Å². The number of imide groups is 1. The molecule has 1 fully saturated rings. The maximum Gasteiger partial charge on any atom is 0.321 e. The van der Waals surface area contributed by atoms with E-state index in [4.69, 9.17) is 14.2 Å². The van der Waals surface area contributed by atoms with Crippen molar-refractivity contribution in [3.63, 3.8) is 0 Å². The fourth-order valence-electron chi connectivity index (χ4n) is 3.32. The van der Waals surface area contributed by atoms with Gasteiger partial charge in [0.05, 0.1) is 13.2 Å². The maximum atomic E-state index is 12.2. The van der Waals surface area contributed by atoms with Crippen molar-refractivity contribution >= 4 is 11.9 Å². The van der Waals surface area contributed by atoms with Crippen molar-refractivity contribution in [2.24, 2.45) is 0 Å². The van der Waals surface area contributed by atoms with Gasteiger partial charge in [-0.3, -0.25) is 15.0 Å². The van der Waals surface area contributed by atoms with Gasteiger partial charge in [-0.25, -0.2) is 4.79 Å². The van der Waals surface area contributed by atoms with E-state index in [2.05, 4.69) is 15.5 Å². The van der Waals surface area contributed by atoms with E-state index >= 15 is 0 Å². The molecule has 0 bridgehead atoms. The highest BCUT2D eigenvalue weighted by molar-refractivity contribution is 5.95. The van der Waals surface area contributed by atoms with Gasteiger partial charge in [0.25, 0.3) is 0 Å². The Balaban J connectivity index is 1.56. The van der Waals surface area contributed by atoms with E-state index in [9.17, 15) is 9.59 Å². The van der Waals surface area contributed by atoms with Crippen LogP contribution >= 0.6 is 0 Å². The third kappa shape index (κ3) is 4.64. The number of likely N-dealkylation sites (tertiary alicyclic amines) is 1. The molecule has 8 heteroatoms. The third-order valence-electron chi connectivity index (χ3n) is 4.51. The molecule has 0 aliphatic carbocycles. The standard InChI is InChI=1S/C18H25N3O5/c1-24-8-6-19-18(23)20-17(22)12-21-7-2-3-14(21)13-4-5-15-16(11-13)26-10-9-25-15/h4-5,11,14H,2-3,6-10,12H2,1H3,(H2,19,20,22,23)/t14-/m0/s1. The topological polar surface area (TPSA) is 89.1 Å². The number of hydrogen-bond acceptors (Lipinski definition) is 6. The molecule has 1 atom stereocenters. The Hall–Kier alpha value is -2.32. The van der Waals surface area contributed by atoms with E-state index in [1.807, 2.05) is 18.2 Å². The van der Waals surface area contributed by atoms with Crippen LogP contribution in [0.2, 0.25) is 0 Å². The lowest BCUT2D eigenvalue weighted by molar-refractivity contribution is -0.121. The van der Waals surface area contributed by atoms with Crippen molar-refractivity contribution < 1.29 is 23.8 Å². The fraction of sp³-hybridized carbons (Fsp3) is 0.556. The average Bonchev–Trinajstić information content (AvgIpc) is 3.09. The molecular weight excluding hydrogens is 338 g/mol. The number of benzene rings is 1. The highest BCUT2D eigenvalue weighted by Crippen LogP contribution is 2.37. The highest BCUT2D eigenvalue weighted by Gasteiger charge is 2.29. The van der Waals surface area contributed by atoms with Crippen LogP contribution in [0.1, 0.15) is 24.4 Å². The second-order valence-electron chi connectivity index (χ2n) is 6.33. The van der Waals surface area contributed by atoms with Gasteiger partial charge in [-0.05, 0) is 37.1 Å². The number of methoxy groups -OCH3 is 1. The van der Waals surface area contributed by atoms with Crippen LogP contribution in [0, 0.1) is 0 Å². The molecular formula is C18H25N3O5. The van der Waals surface area contributed by atoms with Crippen molar-refractivity contribution in [1.29, 1.82) is 0 Å². The lowest BCUT2D eigenvalue weighted by Crippen LogP contribution is -2.45. The molecule has 0 spiro atoms. The van der Waals surface area contributed by atoms with E-state index in [1.165, 1.54) is 0 Å². The van der Waals surface area contributed by atoms with Gasteiger partial charge in [0, 0.05) is 19.7 Å². The molecule has 1 aromatic rings. The molecule has 0 unspecified atom stereocenters. The van der Waals surface area contributed by atoms with Crippen molar-refractivity contribution in [3.8, 4) is 11.5 Å². The first-order valence-corrected chi connectivity index (χ1v) is 8.87. The van der Waals surface area contributed by atoms with Gasteiger partial charge in [-0.2, -0.15) is 0 Å². The summed E-state index contributed by atoms with van der Waals surface area (Å²) in [5.41, 5.74) is 1.10. The number of amides is 3. The number of fused-ring (bicyclic) bond motifs is 1. The zero-order valence-corrected chi connectivity index (χ0v) is 15.0. The number of urea groups is 1. The quantitative estimate of drug-likeness (QED) is 0.735. The van der Waals surface area contributed by atoms with Gasteiger partial charge >= 0.3 is 6.03 Å². The van der Waals surface area contributed by atoms with Crippen molar-refractivity contribution in [1.82, 2.24) is 15.5 Å². The fourth-order valence-corrected chi connectivity index (χ4v) is 3.32. The van der Waals surface area contributed by atoms with Gasteiger partial charge in [0.2, 0.25) is 5.91 Å². The zero-order valence-electron chi connectivity index (χ0n) is 15.0. The van der Waals surface area contributed by atoms with E-state index in [-0.39, 0.29) is 18.5 Å². The van der Waals surface area contributed by atoms with Gasteiger partial charge in [0.15, 0.2) is 11.5 Å². The normalized spacial score (nSPS) is 19.2. The molecule has 2 heterocycles. The molecule has 142 valence electrons. The number of nitrogens with zero attached hydrogens (tertiary/aromatic N) is 1. The van der Waals surface area contributed by atoms with Crippen LogP contribution < -0.4 is 20.1 Å². The average molecular weight is 363 g/mol. The summed E-state index contributed by atoms with van der Waals surface area (Å²) in [7, 11) is 1.55. The lowest BCUT2D eigenvalue weighted by atomic mass is 10.0. The molecule has 1 aromatic carbocycles. The minimum atomic E-state index is -0.498. The van der Waals surface area contributed by atoms with Crippen molar-refractivity contribution in [2.75, 3.05) is 46.6 Å². The number of rotatable bonds is 6. The minimum Gasteiger partial charge on any atom is -0.486 e. The second-order valence-corrected chi connectivity index (χ2v) is 6.33. The van der Waals surface area contributed by atoms with Crippen LogP contribution in [0.15, 0.2) is 18.2 Å². The molecule has 2 aliphatic heterocycles. The summed E-state index contributed by atoms with van der Waals surface area (Å²) < 4.78 is 16.1. The first-order chi connectivity index (χ1) is 12.7. The molecule has 2 N–H and O–H groups in total. The molecule has 3 amide bonds. The van der Waals surface area contributed by atoms with Gasteiger partial charge in [0.1, 0.15) is 13.2 Å².